The Morgan fingerprint density at radius 2 is 1.91 bits per heavy atom. The molecule has 0 fully saturated rings. The molecule has 2 aromatic carbocycles. The number of aryl methyl sites for hydroxylation is 3. The number of nitrogens with one attached hydrogen (secondary N) is 1. The number of rotatable bonds is 7. The van der Waals surface area contributed by atoms with E-state index >= 15 is 0 Å². The summed E-state index contributed by atoms with van der Waals surface area (Å²) in [5, 5.41) is 11.2. The Balaban J connectivity index is 1.46. The minimum absolute atomic E-state index is 0.0711. The molecule has 0 aliphatic carbocycles. The Hall–Kier alpha value is -3.94. The number of anilines is 1. The molecule has 2 heterocycles. The molecule has 0 atom stereocenters. The van der Waals surface area contributed by atoms with Crippen molar-refractivity contribution in [1.82, 2.24) is 14.9 Å². The predicted octanol–water partition coefficient (Wildman–Crippen LogP) is 4.82. The van der Waals surface area contributed by atoms with Gasteiger partial charge in [-0.05, 0) is 68.8 Å². The lowest BCUT2D eigenvalue weighted by molar-refractivity contribution is 0.101. The largest absolute Gasteiger partial charge is 0.489 e. The third kappa shape index (κ3) is 4.85. The molecule has 7 nitrogen and oxygen atoms in total. The van der Waals surface area contributed by atoms with Crippen LogP contribution in [-0.4, -0.2) is 20.8 Å². The molecule has 0 unspecified atom stereocenters. The first-order valence-corrected chi connectivity index (χ1v) is 10.1. The van der Waals surface area contributed by atoms with E-state index in [4.69, 9.17) is 9.26 Å². The number of benzene rings is 2. The van der Waals surface area contributed by atoms with Crippen LogP contribution in [0.3, 0.4) is 0 Å². The number of amides is 1. The van der Waals surface area contributed by atoms with Gasteiger partial charge in [-0.15, -0.1) is 0 Å². The number of hydrogen-bond donors (Lipinski definition) is 1. The molecule has 0 aliphatic rings. The van der Waals surface area contributed by atoms with Crippen LogP contribution in [0.1, 0.15) is 38.8 Å². The Morgan fingerprint density at radius 1 is 1.12 bits per heavy atom. The average Bonchev–Trinajstić information content (AvgIpc) is 3.28. The number of carbonyl (C=O) groups is 1. The topological polar surface area (TPSA) is 82.2 Å². The van der Waals surface area contributed by atoms with Crippen LogP contribution in [0.5, 0.6) is 5.75 Å². The van der Waals surface area contributed by atoms with Crippen molar-refractivity contribution in [2.75, 3.05) is 5.32 Å². The second-order valence-corrected chi connectivity index (χ2v) is 7.55. The molecule has 8 heteroatoms. The van der Waals surface area contributed by atoms with Crippen molar-refractivity contribution >= 4 is 11.6 Å². The van der Waals surface area contributed by atoms with Gasteiger partial charge >= 0.3 is 0 Å². The number of hydrogen-bond acceptors (Lipinski definition) is 5. The number of carbonyl (C=O) groups excluding carboxylic acids is 1. The molecule has 164 valence electrons. The van der Waals surface area contributed by atoms with E-state index in [1.165, 1.54) is 24.3 Å². The number of nitrogens with zero attached hydrogens (tertiary/aromatic N) is 3. The van der Waals surface area contributed by atoms with Gasteiger partial charge in [0.2, 0.25) is 0 Å². The van der Waals surface area contributed by atoms with E-state index in [9.17, 15) is 9.18 Å². The fourth-order valence-corrected chi connectivity index (χ4v) is 3.37. The van der Waals surface area contributed by atoms with Crippen molar-refractivity contribution in [3.8, 4) is 5.75 Å². The highest BCUT2D eigenvalue weighted by molar-refractivity contribution is 6.03. The zero-order valence-corrected chi connectivity index (χ0v) is 18.1. The smallest absolute Gasteiger partial charge is 0.278 e. The van der Waals surface area contributed by atoms with Gasteiger partial charge < -0.3 is 14.6 Å². The summed E-state index contributed by atoms with van der Waals surface area (Å²) in [5.41, 5.74) is 4.36. The second-order valence-electron chi connectivity index (χ2n) is 7.55. The Morgan fingerprint density at radius 3 is 2.62 bits per heavy atom. The minimum Gasteiger partial charge on any atom is -0.489 e. The number of halogens is 1. The number of ether oxygens (including phenoxy) is 1. The first-order valence-electron chi connectivity index (χ1n) is 10.1. The van der Waals surface area contributed by atoms with E-state index in [1.807, 2.05) is 48.9 Å². The summed E-state index contributed by atoms with van der Waals surface area (Å²) in [5.74, 6) is 0.215. The van der Waals surface area contributed by atoms with Gasteiger partial charge in [-0.25, -0.2) is 4.39 Å². The normalized spacial score (nSPS) is 10.9. The highest BCUT2D eigenvalue weighted by Gasteiger charge is 2.21. The summed E-state index contributed by atoms with van der Waals surface area (Å²) in [6, 6.07) is 15.2. The predicted molar refractivity (Wildman–Crippen MR) is 117 cm³/mol. The molecule has 2 aromatic heterocycles. The van der Waals surface area contributed by atoms with E-state index in [0.29, 0.717) is 29.3 Å². The van der Waals surface area contributed by atoms with Crippen LogP contribution in [0, 0.1) is 26.6 Å². The van der Waals surface area contributed by atoms with Crippen LogP contribution in [0.25, 0.3) is 0 Å². The van der Waals surface area contributed by atoms with Crippen LogP contribution in [0.4, 0.5) is 10.1 Å². The van der Waals surface area contributed by atoms with Crippen LogP contribution in [-0.2, 0) is 13.2 Å². The third-order valence-corrected chi connectivity index (χ3v) is 5.02. The average molecular weight is 434 g/mol. The van der Waals surface area contributed by atoms with E-state index in [0.717, 1.165) is 17.0 Å². The van der Waals surface area contributed by atoms with E-state index in [-0.39, 0.29) is 18.1 Å². The lowest BCUT2D eigenvalue weighted by atomic mass is 10.1. The summed E-state index contributed by atoms with van der Waals surface area (Å²) >= 11 is 0. The molecule has 4 rings (SSSR count). The molecule has 0 radical (unpaired) electrons. The minimum atomic E-state index is -0.400. The fourth-order valence-electron chi connectivity index (χ4n) is 3.37. The van der Waals surface area contributed by atoms with Crippen molar-refractivity contribution in [1.29, 1.82) is 0 Å². The zero-order chi connectivity index (χ0) is 22.7. The van der Waals surface area contributed by atoms with Gasteiger partial charge in [0, 0.05) is 11.4 Å². The summed E-state index contributed by atoms with van der Waals surface area (Å²) in [6.45, 7) is 6.35. The van der Waals surface area contributed by atoms with E-state index < -0.39 is 5.91 Å². The molecule has 1 N–H and O–H groups in total. The monoisotopic (exact) mass is 434 g/mol. The van der Waals surface area contributed by atoms with Gasteiger partial charge in [0.1, 0.15) is 23.9 Å². The molecular weight excluding hydrogens is 411 g/mol. The molecule has 4 aromatic rings. The van der Waals surface area contributed by atoms with Gasteiger partial charge in [-0.1, -0.05) is 17.3 Å². The van der Waals surface area contributed by atoms with Gasteiger partial charge in [0.25, 0.3) is 5.91 Å². The summed E-state index contributed by atoms with van der Waals surface area (Å²) < 4.78 is 25.9. The van der Waals surface area contributed by atoms with Crippen molar-refractivity contribution in [2.24, 2.45) is 0 Å². The zero-order valence-electron chi connectivity index (χ0n) is 18.1. The molecule has 0 saturated carbocycles. The third-order valence-electron chi connectivity index (χ3n) is 5.02. The van der Waals surface area contributed by atoms with Gasteiger partial charge in [0.05, 0.1) is 17.8 Å². The van der Waals surface area contributed by atoms with Crippen LogP contribution in [0.15, 0.2) is 59.1 Å². The van der Waals surface area contributed by atoms with Crippen LogP contribution < -0.4 is 10.1 Å². The van der Waals surface area contributed by atoms with Crippen LogP contribution >= 0.6 is 0 Å². The molecular formula is C24H23FN4O3. The Bertz CT molecular complexity index is 1240. The number of aromatic nitrogens is 3. The van der Waals surface area contributed by atoms with Crippen molar-refractivity contribution in [3.63, 3.8) is 0 Å². The quantitative estimate of drug-likeness (QED) is 0.451. The summed E-state index contributed by atoms with van der Waals surface area (Å²) in [4.78, 5) is 12.9. The van der Waals surface area contributed by atoms with E-state index in [2.05, 4.69) is 15.6 Å². The second kappa shape index (κ2) is 9.05. The lowest BCUT2D eigenvalue weighted by Crippen LogP contribution is -2.15. The summed E-state index contributed by atoms with van der Waals surface area (Å²) in [7, 11) is 0. The standard InChI is InChI=1S/C24H23FN4O3/c1-15-11-16(2)29(27-15)13-18-5-4-6-20(12-18)26-24(30)23-22(17(3)32-28-23)14-31-21-9-7-19(25)8-10-21/h4-12H,13-14H2,1-3H3,(H,26,30). The van der Waals surface area contributed by atoms with Crippen molar-refractivity contribution < 1.29 is 18.4 Å². The highest BCUT2D eigenvalue weighted by Crippen LogP contribution is 2.20. The Kier molecular flexibility index (Phi) is 6.02. The highest BCUT2D eigenvalue weighted by atomic mass is 19.1. The lowest BCUT2D eigenvalue weighted by Gasteiger charge is -2.09. The molecule has 32 heavy (non-hydrogen) atoms. The maximum absolute atomic E-state index is 13.1. The molecule has 0 saturated heterocycles. The van der Waals surface area contributed by atoms with Crippen LogP contribution in [0.2, 0.25) is 0 Å². The maximum Gasteiger partial charge on any atom is 0.278 e. The first kappa shape index (κ1) is 21.3. The molecule has 0 spiro atoms. The SMILES string of the molecule is Cc1cc(C)n(Cc2cccc(NC(=O)c3noc(C)c3COc3ccc(F)cc3)c2)n1. The van der Waals surface area contributed by atoms with Gasteiger partial charge in [-0.3, -0.25) is 9.48 Å². The first-order chi connectivity index (χ1) is 15.4. The Labute approximate surface area is 184 Å². The molecule has 0 aliphatic heterocycles. The maximum atomic E-state index is 13.1. The van der Waals surface area contributed by atoms with Gasteiger partial charge in [0.15, 0.2) is 5.69 Å². The molecule has 1 amide bonds. The van der Waals surface area contributed by atoms with Gasteiger partial charge in [-0.2, -0.15) is 5.10 Å². The molecule has 0 bridgehead atoms. The van der Waals surface area contributed by atoms with E-state index in [1.54, 1.807) is 6.92 Å². The van der Waals surface area contributed by atoms with Crippen molar-refractivity contribution in [2.45, 2.75) is 33.9 Å². The summed E-state index contributed by atoms with van der Waals surface area (Å²) in [6.07, 6.45) is 0. The van der Waals surface area contributed by atoms with Crippen molar-refractivity contribution in [3.05, 3.63) is 94.4 Å². The fraction of sp³-hybridized carbons (Fsp3) is 0.208.